The third kappa shape index (κ3) is 5.42. The van der Waals surface area contributed by atoms with Crippen molar-refractivity contribution >= 4 is 39.2 Å². The first-order chi connectivity index (χ1) is 13.8. The minimum Gasteiger partial charge on any atom is -0.484 e. The second-order valence-electron chi connectivity index (χ2n) is 6.13. The fourth-order valence-corrected chi connectivity index (χ4v) is 3.48. The fourth-order valence-electron chi connectivity index (χ4n) is 2.35. The lowest BCUT2D eigenvalue weighted by Crippen LogP contribution is -2.04. The van der Waals surface area contributed by atoms with Crippen LogP contribution in [0.25, 0.3) is 0 Å². The number of Topliss-reactive ketones (excluding diaryl/α,β-unsaturated/α-hetero) is 1. The van der Waals surface area contributed by atoms with Gasteiger partial charge in [-0.2, -0.15) is 0 Å². The van der Waals surface area contributed by atoms with Gasteiger partial charge in [0.05, 0.1) is 10.7 Å². The van der Waals surface area contributed by atoms with Crippen LogP contribution < -0.4 is 4.74 Å². The standard InChI is InChI=1S/C19H16BrN3O5S/c1-11-3-5-14(7-12(11)2)27-9-18-21-22-19(28-18)29-10-17(24)15-8-13(23(25)26)4-6-16(15)20/h3-8H,9-10H2,1-2H3. The van der Waals surface area contributed by atoms with Crippen LogP contribution in [0.2, 0.25) is 0 Å². The first-order valence-corrected chi connectivity index (χ1v) is 10.2. The van der Waals surface area contributed by atoms with Crippen LogP contribution in [0.1, 0.15) is 27.4 Å². The number of rotatable bonds is 8. The molecular weight excluding hydrogens is 462 g/mol. The monoisotopic (exact) mass is 477 g/mol. The number of nitro groups is 1. The van der Waals surface area contributed by atoms with Gasteiger partial charge in [0, 0.05) is 22.2 Å². The van der Waals surface area contributed by atoms with E-state index < -0.39 is 4.92 Å². The zero-order chi connectivity index (χ0) is 21.0. The summed E-state index contributed by atoms with van der Waals surface area (Å²) in [4.78, 5) is 22.8. The van der Waals surface area contributed by atoms with Crippen LogP contribution in [0.5, 0.6) is 5.75 Å². The molecule has 1 heterocycles. The van der Waals surface area contributed by atoms with Crippen molar-refractivity contribution in [3.63, 3.8) is 0 Å². The van der Waals surface area contributed by atoms with Crippen molar-refractivity contribution in [2.75, 3.05) is 5.75 Å². The number of halogens is 1. The number of thioether (sulfide) groups is 1. The molecule has 1 aromatic heterocycles. The molecule has 0 radical (unpaired) electrons. The highest BCUT2D eigenvalue weighted by atomic mass is 79.9. The Balaban J connectivity index is 1.57. The van der Waals surface area contributed by atoms with Crippen molar-refractivity contribution in [2.24, 2.45) is 0 Å². The van der Waals surface area contributed by atoms with Crippen molar-refractivity contribution < 1.29 is 18.9 Å². The van der Waals surface area contributed by atoms with Crippen molar-refractivity contribution in [1.82, 2.24) is 10.2 Å². The number of hydrogen-bond donors (Lipinski definition) is 0. The van der Waals surface area contributed by atoms with Crippen LogP contribution in [0, 0.1) is 24.0 Å². The van der Waals surface area contributed by atoms with Gasteiger partial charge in [0.25, 0.3) is 16.8 Å². The summed E-state index contributed by atoms with van der Waals surface area (Å²) in [6.45, 7) is 4.13. The Hall–Kier alpha value is -2.72. The fraction of sp³-hybridized carbons (Fsp3) is 0.211. The number of benzene rings is 2. The molecule has 0 fully saturated rings. The minimum absolute atomic E-state index is 0.000580. The lowest BCUT2D eigenvalue weighted by atomic mass is 10.1. The van der Waals surface area contributed by atoms with Crippen LogP contribution in [-0.4, -0.2) is 26.7 Å². The first kappa shape index (κ1) is 21.0. The van der Waals surface area contributed by atoms with Gasteiger partial charge >= 0.3 is 0 Å². The molecule has 0 saturated heterocycles. The highest BCUT2D eigenvalue weighted by molar-refractivity contribution is 9.10. The second kappa shape index (κ2) is 9.19. The maximum Gasteiger partial charge on any atom is 0.277 e. The summed E-state index contributed by atoms with van der Waals surface area (Å²) in [5.41, 5.74) is 2.37. The van der Waals surface area contributed by atoms with E-state index >= 15 is 0 Å². The van der Waals surface area contributed by atoms with E-state index in [2.05, 4.69) is 26.1 Å². The lowest BCUT2D eigenvalue weighted by molar-refractivity contribution is -0.384. The Morgan fingerprint density at radius 1 is 1.21 bits per heavy atom. The first-order valence-electron chi connectivity index (χ1n) is 8.46. The minimum atomic E-state index is -0.545. The molecule has 8 nitrogen and oxygen atoms in total. The molecule has 2 aromatic carbocycles. The molecule has 0 aliphatic carbocycles. The van der Waals surface area contributed by atoms with Gasteiger partial charge in [-0.05, 0) is 43.2 Å². The topological polar surface area (TPSA) is 108 Å². The number of ether oxygens (including phenoxy) is 1. The number of hydrogen-bond acceptors (Lipinski definition) is 8. The summed E-state index contributed by atoms with van der Waals surface area (Å²) < 4.78 is 11.6. The van der Waals surface area contributed by atoms with Crippen LogP contribution in [0.4, 0.5) is 5.69 Å². The van der Waals surface area contributed by atoms with E-state index in [0.29, 0.717) is 10.2 Å². The molecular formula is C19H16BrN3O5S. The third-order valence-corrected chi connectivity index (χ3v) is 5.59. The molecule has 150 valence electrons. The Kier molecular flexibility index (Phi) is 6.65. The largest absolute Gasteiger partial charge is 0.484 e. The number of aromatic nitrogens is 2. The number of carbonyl (C=O) groups excluding carboxylic acids is 1. The summed E-state index contributed by atoms with van der Waals surface area (Å²) in [5.74, 6) is 0.692. The Morgan fingerprint density at radius 3 is 2.72 bits per heavy atom. The molecule has 0 aliphatic heterocycles. The normalized spacial score (nSPS) is 10.7. The van der Waals surface area contributed by atoms with Gasteiger partial charge in [0.1, 0.15) is 5.75 Å². The second-order valence-corrected chi connectivity index (χ2v) is 7.91. The maximum atomic E-state index is 12.4. The van der Waals surface area contributed by atoms with Gasteiger partial charge in [-0.25, -0.2) is 0 Å². The van der Waals surface area contributed by atoms with E-state index in [4.69, 9.17) is 9.15 Å². The molecule has 0 atom stereocenters. The number of nitrogens with zero attached hydrogens (tertiary/aromatic N) is 3. The number of non-ortho nitro benzene ring substituents is 1. The number of carbonyl (C=O) groups is 1. The van der Waals surface area contributed by atoms with Crippen molar-refractivity contribution in [3.05, 3.63) is 73.6 Å². The molecule has 10 heteroatoms. The lowest BCUT2D eigenvalue weighted by Gasteiger charge is -2.05. The van der Waals surface area contributed by atoms with Crippen molar-refractivity contribution in [3.8, 4) is 5.75 Å². The molecule has 29 heavy (non-hydrogen) atoms. The van der Waals surface area contributed by atoms with E-state index in [1.54, 1.807) is 0 Å². The van der Waals surface area contributed by atoms with Crippen LogP contribution in [-0.2, 0) is 6.61 Å². The van der Waals surface area contributed by atoms with E-state index in [1.807, 2.05) is 32.0 Å². The highest BCUT2D eigenvalue weighted by Gasteiger charge is 2.17. The summed E-state index contributed by atoms with van der Waals surface area (Å²) in [5, 5.41) is 18.9. The Morgan fingerprint density at radius 2 is 2.00 bits per heavy atom. The van der Waals surface area contributed by atoms with E-state index in [1.165, 1.54) is 23.8 Å². The number of aryl methyl sites for hydroxylation is 2. The van der Waals surface area contributed by atoms with Gasteiger partial charge in [-0.3, -0.25) is 14.9 Å². The van der Waals surface area contributed by atoms with E-state index in [-0.39, 0.29) is 40.5 Å². The SMILES string of the molecule is Cc1ccc(OCc2nnc(SCC(=O)c3cc([N+](=O)[O-])ccc3Br)o2)cc1C. The molecule has 0 spiro atoms. The summed E-state index contributed by atoms with van der Waals surface area (Å²) in [6.07, 6.45) is 0. The van der Waals surface area contributed by atoms with Gasteiger partial charge < -0.3 is 9.15 Å². The molecule has 0 bridgehead atoms. The quantitative estimate of drug-likeness (QED) is 0.195. The van der Waals surface area contributed by atoms with E-state index in [0.717, 1.165) is 17.3 Å². The zero-order valence-corrected chi connectivity index (χ0v) is 17.9. The molecule has 3 rings (SSSR count). The summed E-state index contributed by atoms with van der Waals surface area (Å²) in [6, 6.07) is 9.81. The predicted octanol–water partition coefficient (Wildman–Crippen LogP) is 4.91. The van der Waals surface area contributed by atoms with Crippen molar-refractivity contribution in [2.45, 2.75) is 25.7 Å². The molecule has 0 N–H and O–H groups in total. The molecule has 0 saturated carbocycles. The van der Waals surface area contributed by atoms with Crippen LogP contribution in [0.15, 0.2) is 50.5 Å². The number of nitro benzene ring substituents is 1. The van der Waals surface area contributed by atoms with Gasteiger partial charge in [0.2, 0.25) is 0 Å². The highest BCUT2D eigenvalue weighted by Crippen LogP contribution is 2.26. The Bertz CT molecular complexity index is 1070. The average Bonchev–Trinajstić information content (AvgIpc) is 3.15. The Labute approximate surface area is 178 Å². The molecule has 3 aromatic rings. The molecule has 0 unspecified atom stereocenters. The van der Waals surface area contributed by atoms with Gasteiger partial charge in [-0.1, -0.05) is 33.8 Å². The summed E-state index contributed by atoms with van der Waals surface area (Å²) >= 11 is 4.30. The molecule has 0 amide bonds. The van der Waals surface area contributed by atoms with Gasteiger partial charge in [-0.15, -0.1) is 10.2 Å². The summed E-state index contributed by atoms with van der Waals surface area (Å²) in [7, 11) is 0. The van der Waals surface area contributed by atoms with Crippen LogP contribution in [0.3, 0.4) is 0 Å². The zero-order valence-electron chi connectivity index (χ0n) is 15.5. The maximum absolute atomic E-state index is 12.4. The third-order valence-electron chi connectivity index (χ3n) is 4.08. The molecule has 0 aliphatic rings. The van der Waals surface area contributed by atoms with Crippen LogP contribution >= 0.6 is 27.7 Å². The van der Waals surface area contributed by atoms with E-state index in [9.17, 15) is 14.9 Å². The van der Waals surface area contributed by atoms with Crippen molar-refractivity contribution in [1.29, 1.82) is 0 Å². The van der Waals surface area contributed by atoms with Gasteiger partial charge in [0.15, 0.2) is 12.4 Å². The number of ketones is 1. The predicted molar refractivity (Wildman–Crippen MR) is 110 cm³/mol. The average molecular weight is 478 g/mol. The smallest absolute Gasteiger partial charge is 0.277 e.